The molecule has 6 heteroatoms. The van der Waals surface area contributed by atoms with Gasteiger partial charge in [0, 0.05) is 18.5 Å². The molecule has 2 aromatic carbocycles. The minimum Gasteiger partial charge on any atom is -0.494 e. The normalized spacial score (nSPS) is 18.4. The average molecular weight is 358 g/mol. The van der Waals surface area contributed by atoms with Crippen molar-refractivity contribution < 1.29 is 9.84 Å². The fourth-order valence-electron chi connectivity index (χ4n) is 3.47. The van der Waals surface area contributed by atoms with Crippen molar-refractivity contribution in [1.29, 1.82) is 0 Å². The molecule has 0 saturated carbocycles. The Balaban J connectivity index is 1.64. The molecule has 0 aliphatic carbocycles. The van der Waals surface area contributed by atoms with Crippen molar-refractivity contribution in [3.05, 3.63) is 64.8 Å². The Morgan fingerprint density at radius 1 is 1.22 bits per heavy atom. The van der Waals surface area contributed by atoms with Gasteiger partial charge in [0.05, 0.1) is 21.9 Å². The molecule has 1 atom stereocenters. The predicted octanol–water partition coefficient (Wildman–Crippen LogP) is 2.25. The summed E-state index contributed by atoms with van der Waals surface area (Å²) >= 11 is 0. The first kappa shape index (κ1) is 15.7. The molecule has 3 heterocycles. The molecule has 5 rings (SSSR count). The van der Waals surface area contributed by atoms with Crippen LogP contribution in [0.5, 0.6) is 11.6 Å². The largest absolute Gasteiger partial charge is 0.494 e. The highest BCUT2D eigenvalue weighted by molar-refractivity contribution is 5.96. The first-order chi connectivity index (χ1) is 13.3. The number of hydrogen-bond acceptors (Lipinski definition) is 5. The molecule has 0 radical (unpaired) electrons. The third kappa shape index (κ3) is 2.85. The van der Waals surface area contributed by atoms with Crippen LogP contribution in [0.2, 0.25) is 0 Å². The van der Waals surface area contributed by atoms with Gasteiger partial charge in [-0.25, -0.2) is 9.98 Å². The second-order valence-electron chi connectivity index (χ2n) is 6.59. The van der Waals surface area contributed by atoms with Crippen LogP contribution in [-0.2, 0) is 0 Å². The van der Waals surface area contributed by atoms with Crippen molar-refractivity contribution in [1.82, 2.24) is 10.3 Å². The van der Waals surface area contributed by atoms with E-state index in [0.29, 0.717) is 5.56 Å². The number of nitrogens with zero attached hydrogens (tertiary/aromatic N) is 2. The summed E-state index contributed by atoms with van der Waals surface area (Å²) < 4.78 is 6.22. The van der Waals surface area contributed by atoms with E-state index in [2.05, 4.69) is 20.3 Å². The molecule has 0 unspecified atom stereocenters. The fourth-order valence-corrected chi connectivity index (χ4v) is 3.47. The zero-order valence-corrected chi connectivity index (χ0v) is 14.5. The lowest BCUT2D eigenvalue weighted by atomic mass is 10.1. The highest BCUT2D eigenvalue weighted by Crippen LogP contribution is 2.35. The van der Waals surface area contributed by atoms with Crippen molar-refractivity contribution in [2.45, 2.75) is 12.5 Å². The lowest BCUT2D eigenvalue weighted by Gasteiger charge is -2.20. The second-order valence-corrected chi connectivity index (χ2v) is 6.59. The maximum Gasteiger partial charge on any atom is 0.197 e. The van der Waals surface area contributed by atoms with Gasteiger partial charge >= 0.3 is 0 Å². The van der Waals surface area contributed by atoms with E-state index in [9.17, 15) is 5.11 Å². The zero-order chi connectivity index (χ0) is 18.2. The Labute approximate surface area is 155 Å². The van der Waals surface area contributed by atoms with Gasteiger partial charge in [-0.05, 0) is 47.8 Å². The molecule has 2 aliphatic heterocycles. The number of aromatic nitrogens is 1. The lowest BCUT2D eigenvalue weighted by molar-refractivity contribution is 0.235. The summed E-state index contributed by atoms with van der Waals surface area (Å²) in [6.45, 7) is 0.884. The Bertz CT molecular complexity index is 1210. The van der Waals surface area contributed by atoms with E-state index in [4.69, 9.17) is 4.74 Å². The zero-order valence-electron chi connectivity index (χ0n) is 14.5. The van der Waals surface area contributed by atoms with Gasteiger partial charge in [-0.3, -0.25) is 0 Å². The molecular formula is C21H18N4O2. The maximum absolute atomic E-state index is 10.5. The molecule has 27 heavy (non-hydrogen) atoms. The third-order valence-electron chi connectivity index (χ3n) is 4.79. The molecule has 6 nitrogen and oxygen atoms in total. The highest BCUT2D eigenvalue weighted by Gasteiger charge is 2.17. The smallest absolute Gasteiger partial charge is 0.197 e. The topological polar surface area (TPSA) is 82.0 Å². The highest BCUT2D eigenvalue weighted by atomic mass is 16.5. The molecule has 0 spiro atoms. The molecule has 0 fully saturated rings. The first-order valence-corrected chi connectivity index (χ1v) is 8.90. The van der Waals surface area contributed by atoms with Crippen molar-refractivity contribution in [3.63, 3.8) is 0 Å². The summed E-state index contributed by atoms with van der Waals surface area (Å²) in [5, 5.41) is 16.3. The van der Waals surface area contributed by atoms with Crippen molar-refractivity contribution in [2.24, 2.45) is 9.98 Å². The predicted molar refractivity (Wildman–Crippen MR) is 105 cm³/mol. The number of fused-ring (bicyclic) bond motifs is 2. The molecule has 0 bridgehead atoms. The quantitative estimate of drug-likeness (QED) is 0.672. The molecular weight excluding hydrogens is 340 g/mol. The number of hydrogen-bond donors (Lipinski definition) is 3. The van der Waals surface area contributed by atoms with Gasteiger partial charge < -0.3 is 20.1 Å². The van der Waals surface area contributed by atoms with Crippen LogP contribution in [0.15, 0.2) is 58.7 Å². The van der Waals surface area contributed by atoms with Crippen LogP contribution < -0.4 is 20.6 Å². The summed E-state index contributed by atoms with van der Waals surface area (Å²) in [5.74, 6) is 0.872. The third-order valence-corrected chi connectivity index (χ3v) is 4.79. The van der Waals surface area contributed by atoms with E-state index in [0.717, 1.165) is 45.9 Å². The molecule has 0 amide bonds. The number of aromatic hydroxyl groups is 1. The van der Waals surface area contributed by atoms with Crippen LogP contribution in [0.3, 0.4) is 0 Å². The van der Waals surface area contributed by atoms with E-state index in [1.807, 2.05) is 54.8 Å². The number of benzene rings is 2. The second kappa shape index (κ2) is 6.32. The number of rotatable bonds is 3. The molecule has 2 aliphatic rings. The van der Waals surface area contributed by atoms with Gasteiger partial charge in [-0.2, -0.15) is 0 Å². The first-order valence-electron chi connectivity index (χ1n) is 8.90. The van der Waals surface area contributed by atoms with Crippen LogP contribution >= 0.6 is 0 Å². The van der Waals surface area contributed by atoms with Gasteiger partial charge in [0.25, 0.3) is 0 Å². The van der Waals surface area contributed by atoms with Crippen molar-refractivity contribution in [2.75, 3.05) is 6.54 Å². The Morgan fingerprint density at radius 2 is 2.19 bits per heavy atom. The van der Waals surface area contributed by atoms with E-state index < -0.39 is 0 Å². The van der Waals surface area contributed by atoms with Crippen molar-refractivity contribution in [3.8, 4) is 11.6 Å². The van der Waals surface area contributed by atoms with Gasteiger partial charge in [0.1, 0.15) is 18.2 Å². The summed E-state index contributed by atoms with van der Waals surface area (Å²) in [4.78, 5) is 11.5. The molecule has 3 aromatic rings. The average Bonchev–Trinajstić information content (AvgIpc) is 3.27. The van der Waals surface area contributed by atoms with Gasteiger partial charge in [-0.1, -0.05) is 12.1 Å². The van der Waals surface area contributed by atoms with Gasteiger partial charge in [0.15, 0.2) is 5.88 Å². The van der Waals surface area contributed by atoms with E-state index in [1.165, 1.54) is 0 Å². The summed E-state index contributed by atoms with van der Waals surface area (Å²) in [6.07, 6.45) is 8.34. The van der Waals surface area contributed by atoms with E-state index >= 15 is 0 Å². The Morgan fingerprint density at radius 3 is 3.07 bits per heavy atom. The number of H-pyrrole nitrogens is 1. The van der Waals surface area contributed by atoms with Crippen LogP contribution in [0.4, 0.5) is 5.69 Å². The van der Waals surface area contributed by atoms with E-state index in [-0.39, 0.29) is 12.0 Å². The number of ether oxygens (including phenoxy) is 1. The number of aromatic amines is 1. The van der Waals surface area contributed by atoms with Crippen LogP contribution in [-0.4, -0.2) is 29.1 Å². The van der Waals surface area contributed by atoms with Crippen LogP contribution in [0.25, 0.3) is 17.0 Å². The number of nitrogens with one attached hydrogen (secondary N) is 2. The fraction of sp³-hybridized carbons (Fsp3) is 0.143. The Kier molecular flexibility index (Phi) is 3.67. The molecule has 1 aromatic heterocycles. The van der Waals surface area contributed by atoms with Crippen LogP contribution in [0, 0.1) is 0 Å². The molecule has 0 saturated heterocycles. The standard InChI is InChI=1S/C21H18N4O2/c26-21-15(10-13-4-5-16-18(11-13)24-12-23-16)20-17(25-21)2-1-3-19(20)27-14-6-8-22-9-7-14/h1-6,8,10-12,14,22,25-26H,7,9H2/b13-10-/t14-/m1/s1. The maximum atomic E-state index is 10.5. The van der Waals surface area contributed by atoms with Crippen LogP contribution in [0.1, 0.15) is 12.0 Å². The number of aliphatic imine (C=N–C) groups is 1. The Hall–Kier alpha value is -3.54. The SMILES string of the molecule is Oc1[nH]c2cccc(O[C@@H]3C=CNCC3)c2c1/C=c1/ccc2c(c1)N=CN=2. The minimum atomic E-state index is 0.0117. The van der Waals surface area contributed by atoms with E-state index in [1.54, 1.807) is 6.34 Å². The monoisotopic (exact) mass is 358 g/mol. The molecule has 3 N–H and O–H groups in total. The minimum absolute atomic E-state index is 0.0117. The summed E-state index contributed by atoms with van der Waals surface area (Å²) in [5.41, 5.74) is 2.38. The summed E-state index contributed by atoms with van der Waals surface area (Å²) in [6, 6.07) is 11.6. The summed E-state index contributed by atoms with van der Waals surface area (Å²) in [7, 11) is 0. The van der Waals surface area contributed by atoms with Gasteiger partial charge in [-0.15, -0.1) is 0 Å². The lowest BCUT2D eigenvalue weighted by Crippen LogP contribution is -2.25. The van der Waals surface area contributed by atoms with Gasteiger partial charge in [0.2, 0.25) is 0 Å². The van der Waals surface area contributed by atoms with Crippen molar-refractivity contribution >= 4 is 29.0 Å². The molecule has 134 valence electrons.